The second-order valence-electron chi connectivity index (χ2n) is 5.73. The van der Waals surface area contributed by atoms with Crippen LogP contribution in [-0.4, -0.2) is 34.6 Å². The van der Waals surface area contributed by atoms with Gasteiger partial charge >= 0.3 is 0 Å². The number of aliphatic hydroxyl groups is 1. The Labute approximate surface area is 114 Å². The van der Waals surface area contributed by atoms with Crippen LogP contribution in [0.3, 0.4) is 0 Å². The third-order valence-electron chi connectivity index (χ3n) is 3.98. The molecule has 104 valence electrons. The zero-order chi connectivity index (χ0) is 14.0. The largest absolute Gasteiger partial charge is 0.386 e. The van der Waals surface area contributed by atoms with E-state index in [0.29, 0.717) is 13.1 Å². The maximum absolute atomic E-state index is 12.1. The van der Waals surface area contributed by atoms with Crippen molar-refractivity contribution in [2.24, 2.45) is 11.7 Å². The first-order valence-electron chi connectivity index (χ1n) is 6.73. The van der Waals surface area contributed by atoms with E-state index in [-0.39, 0.29) is 24.3 Å². The summed E-state index contributed by atoms with van der Waals surface area (Å²) in [5, 5.41) is 10.1. The number of carbonyl (C=O) groups is 1. The molecule has 0 saturated carbocycles. The SMILES string of the molecule is CC(C)C1(O)CN(C(=O)CC(N)c2ccccc2)C1. The van der Waals surface area contributed by atoms with E-state index >= 15 is 0 Å². The molecule has 1 unspecified atom stereocenters. The van der Waals surface area contributed by atoms with E-state index in [2.05, 4.69) is 0 Å². The lowest BCUT2D eigenvalue weighted by Crippen LogP contribution is -2.66. The topological polar surface area (TPSA) is 66.6 Å². The minimum Gasteiger partial charge on any atom is -0.386 e. The van der Waals surface area contributed by atoms with Crippen molar-refractivity contribution in [1.82, 2.24) is 4.90 Å². The molecule has 0 bridgehead atoms. The summed E-state index contributed by atoms with van der Waals surface area (Å²) in [5.74, 6) is 0.182. The number of β-amino-alcohol motifs (C(OH)–C–C–N with tert-alkyl or cyclic N) is 1. The lowest BCUT2D eigenvalue weighted by molar-refractivity contribution is -0.164. The van der Waals surface area contributed by atoms with Crippen molar-refractivity contribution < 1.29 is 9.90 Å². The van der Waals surface area contributed by atoms with Crippen LogP contribution < -0.4 is 5.73 Å². The predicted octanol–water partition coefficient (Wildman–Crippen LogP) is 1.31. The van der Waals surface area contributed by atoms with Crippen LogP contribution in [0.1, 0.15) is 31.9 Å². The number of benzene rings is 1. The zero-order valence-electron chi connectivity index (χ0n) is 11.5. The third-order valence-corrected chi connectivity index (χ3v) is 3.98. The molecule has 1 aromatic rings. The molecule has 3 N–H and O–H groups in total. The smallest absolute Gasteiger partial charge is 0.224 e. The van der Waals surface area contributed by atoms with Crippen LogP contribution >= 0.6 is 0 Å². The van der Waals surface area contributed by atoms with Gasteiger partial charge in [-0.15, -0.1) is 0 Å². The van der Waals surface area contributed by atoms with E-state index in [1.165, 1.54) is 0 Å². The summed E-state index contributed by atoms with van der Waals surface area (Å²) in [6.45, 7) is 4.78. The molecule has 19 heavy (non-hydrogen) atoms. The van der Waals surface area contributed by atoms with Gasteiger partial charge in [0.05, 0.1) is 13.1 Å². The van der Waals surface area contributed by atoms with E-state index in [0.717, 1.165) is 5.56 Å². The number of nitrogens with zero attached hydrogens (tertiary/aromatic N) is 1. The highest BCUT2D eigenvalue weighted by Gasteiger charge is 2.45. The Morgan fingerprint density at radius 2 is 1.95 bits per heavy atom. The molecule has 4 heteroatoms. The van der Waals surface area contributed by atoms with Gasteiger partial charge < -0.3 is 15.7 Å². The van der Waals surface area contributed by atoms with Gasteiger partial charge in [-0.1, -0.05) is 44.2 Å². The number of hydrogen-bond donors (Lipinski definition) is 2. The van der Waals surface area contributed by atoms with Crippen molar-refractivity contribution in [2.45, 2.75) is 31.9 Å². The van der Waals surface area contributed by atoms with Gasteiger partial charge in [0, 0.05) is 12.5 Å². The summed E-state index contributed by atoms with van der Waals surface area (Å²) < 4.78 is 0. The van der Waals surface area contributed by atoms with Crippen molar-refractivity contribution >= 4 is 5.91 Å². The van der Waals surface area contributed by atoms with Gasteiger partial charge in [0.25, 0.3) is 0 Å². The van der Waals surface area contributed by atoms with E-state index < -0.39 is 5.60 Å². The standard InChI is InChI=1S/C15H22N2O2/c1-11(2)15(19)9-17(10-15)14(18)8-13(16)12-6-4-3-5-7-12/h3-7,11,13,19H,8-10,16H2,1-2H3. The Hall–Kier alpha value is -1.39. The Kier molecular flexibility index (Phi) is 3.92. The first-order chi connectivity index (χ1) is 8.92. The molecular formula is C15H22N2O2. The van der Waals surface area contributed by atoms with Crippen LogP contribution in [0, 0.1) is 5.92 Å². The first kappa shape index (κ1) is 14.0. The second kappa shape index (κ2) is 5.31. The first-order valence-corrected chi connectivity index (χ1v) is 6.73. The van der Waals surface area contributed by atoms with Crippen molar-refractivity contribution in [3.05, 3.63) is 35.9 Å². The van der Waals surface area contributed by atoms with Crippen LogP contribution in [0.4, 0.5) is 0 Å². The van der Waals surface area contributed by atoms with Gasteiger partial charge in [0.1, 0.15) is 5.60 Å². The fraction of sp³-hybridized carbons (Fsp3) is 0.533. The molecule has 0 spiro atoms. The van der Waals surface area contributed by atoms with Gasteiger partial charge in [-0.3, -0.25) is 4.79 Å². The van der Waals surface area contributed by atoms with Crippen LogP contribution in [0.25, 0.3) is 0 Å². The van der Waals surface area contributed by atoms with Gasteiger partial charge in [0.15, 0.2) is 0 Å². The highest BCUT2D eigenvalue weighted by atomic mass is 16.3. The quantitative estimate of drug-likeness (QED) is 0.859. The Morgan fingerprint density at radius 3 is 2.47 bits per heavy atom. The molecule has 1 atom stereocenters. The Morgan fingerprint density at radius 1 is 1.37 bits per heavy atom. The molecule has 0 radical (unpaired) electrons. The van der Waals surface area contributed by atoms with E-state index in [1.54, 1.807) is 4.90 Å². The lowest BCUT2D eigenvalue weighted by Gasteiger charge is -2.49. The maximum atomic E-state index is 12.1. The fourth-order valence-corrected chi connectivity index (χ4v) is 2.29. The zero-order valence-corrected chi connectivity index (χ0v) is 11.5. The number of hydrogen-bond acceptors (Lipinski definition) is 3. The van der Waals surface area contributed by atoms with Crippen LogP contribution in [0.5, 0.6) is 0 Å². The highest BCUT2D eigenvalue weighted by Crippen LogP contribution is 2.29. The van der Waals surface area contributed by atoms with Crippen molar-refractivity contribution in [1.29, 1.82) is 0 Å². The molecule has 1 aliphatic heterocycles. The fourth-order valence-electron chi connectivity index (χ4n) is 2.29. The Balaban J connectivity index is 1.87. The summed E-state index contributed by atoms with van der Waals surface area (Å²) in [5.41, 5.74) is 6.28. The Bertz CT molecular complexity index is 439. The molecule has 1 aliphatic rings. The third kappa shape index (κ3) is 2.96. The second-order valence-corrected chi connectivity index (χ2v) is 5.73. The number of amides is 1. The molecule has 0 aromatic heterocycles. The number of rotatable bonds is 4. The van der Waals surface area contributed by atoms with E-state index in [4.69, 9.17) is 5.73 Å². The van der Waals surface area contributed by atoms with Crippen molar-refractivity contribution in [3.63, 3.8) is 0 Å². The van der Waals surface area contributed by atoms with E-state index in [9.17, 15) is 9.90 Å². The van der Waals surface area contributed by atoms with Crippen LogP contribution in [0.2, 0.25) is 0 Å². The van der Waals surface area contributed by atoms with Crippen molar-refractivity contribution in [2.75, 3.05) is 13.1 Å². The summed E-state index contributed by atoms with van der Waals surface area (Å²) in [4.78, 5) is 13.7. The molecule has 1 saturated heterocycles. The minimum absolute atomic E-state index is 0.0154. The molecule has 0 aliphatic carbocycles. The summed E-state index contributed by atoms with van der Waals surface area (Å²) in [6, 6.07) is 9.34. The molecule has 1 aromatic carbocycles. The summed E-state index contributed by atoms with van der Waals surface area (Å²) in [6.07, 6.45) is 0.290. The molecule has 1 fully saturated rings. The molecule has 1 amide bonds. The predicted molar refractivity (Wildman–Crippen MR) is 74.4 cm³/mol. The molecule has 1 heterocycles. The van der Waals surface area contributed by atoms with E-state index in [1.807, 2.05) is 44.2 Å². The monoisotopic (exact) mass is 262 g/mol. The van der Waals surface area contributed by atoms with Crippen LogP contribution in [-0.2, 0) is 4.79 Å². The average molecular weight is 262 g/mol. The van der Waals surface area contributed by atoms with Gasteiger partial charge in [0.2, 0.25) is 5.91 Å². The average Bonchev–Trinajstić information content (AvgIpc) is 2.35. The molecule has 4 nitrogen and oxygen atoms in total. The number of likely N-dealkylation sites (tertiary alicyclic amines) is 1. The molecule has 2 rings (SSSR count). The highest BCUT2D eigenvalue weighted by molar-refractivity contribution is 5.78. The maximum Gasteiger partial charge on any atom is 0.224 e. The van der Waals surface area contributed by atoms with Gasteiger partial charge in [-0.2, -0.15) is 0 Å². The normalized spacial score (nSPS) is 19.1. The van der Waals surface area contributed by atoms with Gasteiger partial charge in [-0.25, -0.2) is 0 Å². The number of carbonyl (C=O) groups excluding carboxylic acids is 1. The van der Waals surface area contributed by atoms with Crippen LogP contribution in [0.15, 0.2) is 30.3 Å². The van der Waals surface area contributed by atoms with Crippen molar-refractivity contribution in [3.8, 4) is 0 Å². The number of nitrogens with two attached hydrogens (primary N) is 1. The van der Waals surface area contributed by atoms with Gasteiger partial charge in [-0.05, 0) is 11.5 Å². The minimum atomic E-state index is -0.716. The lowest BCUT2D eigenvalue weighted by atomic mass is 9.82. The summed E-state index contributed by atoms with van der Waals surface area (Å²) >= 11 is 0. The molecular weight excluding hydrogens is 240 g/mol. The summed E-state index contributed by atoms with van der Waals surface area (Å²) in [7, 11) is 0.